The van der Waals surface area contributed by atoms with Crippen LogP contribution in [0.1, 0.15) is 27.2 Å². The molecule has 0 aromatic carbocycles. The third-order valence-corrected chi connectivity index (χ3v) is 17.7. The summed E-state index contributed by atoms with van der Waals surface area (Å²) in [5.74, 6) is 0. The third-order valence-electron chi connectivity index (χ3n) is 4.58. The fraction of sp³-hybridized carbons (Fsp3) is 0.750. The molecule has 0 atom stereocenters. The van der Waals surface area contributed by atoms with E-state index in [9.17, 15) is 0 Å². The molecule has 0 amide bonds. The van der Waals surface area contributed by atoms with Crippen LogP contribution in [-0.2, 0) is 0 Å². The first kappa shape index (κ1) is 19.5. The summed E-state index contributed by atoms with van der Waals surface area (Å²) in [5.41, 5.74) is 3.44. The highest BCUT2D eigenvalue weighted by Crippen LogP contribution is 2.45. The molecule has 1 heterocycles. The maximum atomic E-state index is 7.20. The zero-order chi connectivity index (χ0) is 16.6. The first-order valence-electron chi connectivity index (χ1n) is 8.52. The van der Waals surface area contributed by atoms with Gasteiger partial charge in [0, 0.05) is 0 Å². The minimum Gasteiger partial charge on any atom is -0.158 e. The Morgan fingerprint density at radius 2 is 1.29 bits per heavy atom. The summed E-state index contributed by atoms with van der Waals surface area (Å²) >= 11 is 7.20. The van der Waals surface area contributed by atoms with E-state index in [1.165, 1.54) is 19.1 Å². The molecular weight excluding hydrogens is 323 g/mol. The minimum atomic E-state index is -1.35. The van der Waals surface area contributed by atoms with Crippen LogP contribution in [0.3, 0.4) is 0 Å². The van der Waals surface area contributed by atoms with Gasteiger partial charge in [-0.25, -0.2) is 0 Å². The van der Waals surface area contributed by atoms with Gasteiger partial charge in [0.15, 0.2) is 6.71 Å². The van der Waals surface area contributed by atoms with Crippen LogP contribution in [0.5, 0.6) is 0 Å². The lowest BCUT2D eigenvalue weighted by molar-refractivity contribution is 1.13. The molecule has 1 aliphatic rings. The molecule has 0 unspecified atom stereocenters. The summed E-state index contributed by atoms with van der Waals surface area (Å²) in [6.07, 6.45) is 3.70. The Kier molecular flexibility index (Phi) is 6.45. The lowest BCUT2D eigenvalue weighted by Crippen LogP contribution is -2.39. The molecule has 0 nitrogen and oxygen atoms in total. The van der Waals surface area contributed by atoms with Crippen LogP contribution in [0.25, 0.3) is 0 Å². The molecule has 1 radical (unpaired) electrons. The topological polar surface area (TPSA) is 0 Å². The van der Waals surface area contributed by atoms with Gasteiger partial charge in [-0.3, -0.25) is 0 Å². The minimum absolute atomic E-state index is 0.731. The summed E-state index contributed by atoms with van der Waals surface area (Å²) in [6, 6.07) is 0. The maximum absolute atomic E-state index is 7.20. The van der Waals surface area contributed by atoms with E-state index < -0.39 is 24.3 Å². The summed E-state index contributed by atoms with van der Waals surface area (Å²) in [7, 11) is -3.65. The molecule has 119 valence electrons. The predicted octanol–water partition coefficient (Wildman–Crippen LogP) is 6.14. The Labute approximate surface area is 141 Å². The van der Waals surface area contributed by atoms with Crippen LogP contribution in [0.4, 0.5) is 0 Å². The SMILES string of the molecule is CCB(CC)C1=C([Si](C)(C)C)[Si](Cl)C([Si](C)(C)C)=C1CC. The normalized spacial score (nSPS) is 18.0. The second kappa shape index (κ2) is 6.94. The lowest BCUT2D eigenvalue weighted by atomic mass is 9.40. The molecule has 0 bridgehead atoms. The molecule has 0 saturated heterocycles. The quantitative estimate of drug-likeness (QED) is 0.396. The van der Waals surface area contributed by atoms with Gasteiger partial charge in [0.05, 0.1) is 16.1 Å². The van der Waals surface area contributed by atoms with Gasteiger partial charge in [-0.2, -0.15) is 11.1 Å². The molecule has 0 fully saturated rings. The van der Waals surface area contributed by atoms with Gasteiger partial charge in [0.25, 0.3) is 0 Å². The van der Waals surface area contributed by atoms with Crippen LogP contribution >= 0.6 is 11.1 Å². The third kappa shape index (κ3) is 3.88. The van der Waals surface area contributed by atoms with Crippen molar-refractivity contribution in [2.75, 3.05) is 0 Å². The van der Waals surface area contributed by atoms with E-state index in [1.54, 1.807) is 20.7 Å². The Hall–Kier alpha value is 0.486. The molecular formula is C16H33BClSi3. The van der Waals surface area contributed by atoms with Gasteiger partial charge in [-0.15, -0.1) is 0 Å². The first-order chi connectivity index (χ1) is 9.50. The maximum Gasteiger partial charge on any atom is 0.217 e. The van der Waals surface area contributed by atoms with Crippen molar-refractivity contribution >= 4 is 42.0 Å². The molecule has 0 N–H and O–H groups in total. The number of rotatable bonds is 6. The van der Waals surface area contributed by atoms with Crippen molar-refractivity contribution in [1.82, 2.24) is 0 Å². The molecule has 0 aromatic rings. The van der Waals surface area contributed by atoms with Crippen molar-refractivity contribution in [3.05, 3.63) is 20.7 Å². The van der Waals surface area contributed by atoms with Crippen molar-refractivity contribution < 1.29 is 0 Å². The Morgan fingerprint density at radius 1 is 0.857 bits per heavy atom. The zero-order valence-electron chi connectivity index (χ0n) is 15.6. The van der Waals surface area contributed by atoms with Gasteiger partial charge >= 0.3 is 0 Å². The summed E-state index contributed by atoms with van der Waals surface area (Å²) in [6.45, 7) is 22.7. The van der Waals surface area contributed by atoms with Crippen LogP contribution in [-0.4, -0.2) is 31.0 Å². The Morgan fingerprint density at radius 3 is 1.57 bits per heavy atom. The molecule has 1 aliphatic heterocycles. The van der Waals surface area contributed by atoms with Crippen molar-refractivity contribution in [1.29, 1.82) is 0 Å². The highest BCUT2D eigenvalue weighted by Gasteiger charge is 2.45. The largest absolute Gasteiger partial charge is 0.217 e. The fourth-order valence-corrected chi connectivity index (χ4v) is 19.6. The molecule has 0 saturated carbocycles. The van der Waals surface area contributed by atoms with E-state index in [0.717, 1.165) is 6.71 Å². The van der Waals surface area contributed by atoms with E-state index in [0.29, 0.717) is 0 Å². The lowest BCUT2D eigenvalue weighted by Gasteiger charge is -2.28. The monoisotopic (exact) mass is 355 g/mol. The summed E-state index contributed by atoms with van der Waals surface area (Å²) in [4.78, 5) is 3.51. The van der Waals surface area contributed by atoms with Gasteiger partial charge in [-0.05, 0) is 6.42 Å². The second-order valence-corrected chi connectivity index (χ2v) is 22.1. The van der Waals surface area contributed by atoms with Crippen LogP contribution in [0, 0.1) is 0 Å². The van der Waals surface area contributed by atoms with Gasteiger partial charge in [-0.1, -0.05) is 93.4 Å². The van der Waals surface area contributed by atoms with Crippen molar-refractivity contribution in [2.24, 2.45) is 0 Å². The summed E-state index contributed by atoms with van der Waals surface area (Å²) in [5, 5.41) is 0. The average Bonchev–Trinajstić information content (AvgIpc) is 2.63. The zero-order valence-corrected chi connectivity index (χ0v) is 19.3. The van der Waals surface area contributed by atoms with Crippen LogP contribution in [0.2, 0.25) is 51.9 Å². The standard InChI is InChI=1S/C16H33BClSi3/c1-10-13-14(17(11-2)12-3)16(21(7,8)9)19(18)15(13)20(4,5)6/h10-12H2,1-9H3. The van der Waals surface area contributed by atoms with E-state index in [1.807, 2.05) is 0 Å². The van der Waals surface area contributed by atoms with Crippen LogP contribution < -0.4 is 0 Å². The fourth-order valence-electron chi connectivity index (χ4n) is 3.69. The molecule has 1 rings (SSSR count). The highest BCUT2D eigenvalue weighted by molar-refractivity contribution is 7.29. The van der Waals surface area contributed by atoms with Gasteiger partial charge in [0.2, 0.25) is 8.11 Å². The van der Waals surface area contributed by atoms with E-state index >= 15 is 0 Å². The predicted molar refractivity (Wildman–Crippen MR) is 109 cm³/mol. The molecule has 0 spiro atoms. The molecule has 0 aromatic heterocycles. The van der Waals surface area contributed by atoms with Crippen molar-refractivity contribution in [3.63, 3.8) is 0 Å². The summed E-state index contributed by atoms with van der Waals surface area (Å²) < 4.78 is 0. The van der Waals surface area contributed by atoms with Crippen molar-refractivity contribution in [3.8, 4) is 0 Å². The highest BCUT2D eigenvalue weighted by atomic mass is 35.6. The van der Waals surface area contributed by atoms with E-state index in [4.69, 9.17) is 11.1 Å². The first-order valence-corrected chi connectivity index (χ1v) is 18.0. The number of hydrogen-bond acceptors (Lipinski definition) is 0. The smallest absolute Gasteiger partial charge is 0.158 e. The van der Waals surface area contributed by atoms with Gasteiger partial charge < -0.3 is 0 Å². The number of halogens is 1. The second-order valence-electron chi connectivity index (χ2n) is 8.32. The van der Waals surface area contributed by atoms with Crippen LogP contribution in [0.15, 0.2) is 20.7 Å². The van der Waals surface area contributed by atoms with E-state index in [2.05, 4.69) is 60.1 Å². The van der Waals surface area contributed by atoms with E-state index in [-0.39, 0.29) is 0 Å². The Balaban J connectivity index is 3.62. The molecule has 0 aliphatic carbocycles. The number of allylic oxidation sites excluding steroid dienone is 2. The molecule has 5 heteroatoms. The van der Waals surface area contributed by atoms with Gasteiger partial charge in [0.1, 0.15) is 0 Å². The molecule has 21 heavy (non-hydrogen) atoms. The number of hydrogen-bond donors (Lipinski definition) is 0. The van der Waals surface area contributed by atoms with Crippen molar-refractivity contribution in [2.45, 2.75) is 79.1 Å². The Bertz CT molecular complexity index is 451. The average molecular weight is 356 g/mol.